The summed E-state index contributed by atoms with van der Waals surface area (Å²) < 4.78 is 11.3. The van der Waals surface area contributed by atoms with Crippen molar-refractivity contribution in [3.05, 3.63) is 42.5 Å². The minimum Gasteiger partial charge on any atom is -0.474 e. The number of aromatic nitrogens is 3. The van der Waals surface area contributed by atoms with Crippen molar-refractivity contribution >= 4 is 16.6 Å². The Morgan fingerprint density at radius 3 is 2.70 bits per heavy atom. The summed E-state index contributed by atoms with van der Waals surface area (Å²) in [5, 5.41) is 4.79. The van der Waals surface area contributed by atoms with Crippen LogP contribution < -0.4 is 9.64 Å². The van der Waals surface area contributed by atoms with Crippen LogP contribution in [0.3, 0.4) is 0 Å². The predicted molar refractivity (Wildman–Crippen MR) is 102 cm³/mol. The lowest BCUT2D eigenvalue weighted by Gasteiger charge is -2.35. The van der Waals surface area contributed by atoms with Crippen LogP contribution in [0.15, 0.2) is 41.3 Å². The number of nitrogens with zero attached hydrogens (tertiary/aromatic N) is 5. The van der Waals surface area contributed by atoms with Crippen LogP contribution in [-0.2, 0) is 6.54 Å². The Morgan fingerprint density at radius 1 is 1.07 bits per heavy atom. The van der Waals surface area contributed by atoms with Crippen molar-refractivity contribution in [2.45, 2.75) is 31.9 Å². The van der Waals surface area contributed by atoms with Crippen LogP contribution in [0.1, 0.15) is 25.0 Å². The highest BCUT2D eigenvalue weighted by Crippen LogP contribution is 2.31. The van der Waals surface area contributed by atoms with Crippen LogP contribution in [0.5, 0.6) is 5.88 Å². The molecule has 0 N–H and O–H groups in total. The zero-order valence-electron chi connectivity index (χ0n) is 15.3. The highest BCUT2D eigenvalue weighted by Gasteiger charge is 2.22. The van der Waals surface area contributed by atoms with Gasteiger partial charge in [-0.2, -0.15) is 0 Å². The summed E-state index contributed by atoms with van der Waals surface area (Å²) in [7, 11) is 0. The molecule has 2 aliphatic rings. The molecule has 0 amide bonds. The Kier molecular flexibility index (Phi) is 4.37. The fourth-order valence-electron chi connectivity index (χ4n) is 3.67. The van der Waals surface area contributed by atoms with Gasteiger partial charge in [-0.05, 0) is 37.5 Å². The second-order valence-corrected chi connectivity index (χ2v) is 7.29. The zero-order chi connectivity index (χ0) is 18.1. The van der Waals surface area contributed by atoms with Gasteiger partial charge in [-0.3, -0.25) is 4.90 Å². The highest BCUT2D eigenvalue weighted by molar-refractivity contribution is 5.86. The van der Waals surface area contributed by atoms with Gasteiger partial charge in [0.2, 0.25) is 5.88 Å². The first-order chi connectivity index (χ1) is 13.3. The third-order valence-corrected chi connectivity index (χ3v) is 5.52. The van der Waals surface area contributed by atoms with Gasteiger partial charge in [-0.15, -0.1) is 0 Å². The summed E-state index contributed by atoms with van der Waals surface area (Å²) >= 11 is 0. The number of hydrogen-bond acceptors (Lipinski definition) is 7. The second-order valence-electron chi connectivity index (χ2n) is 7.29. The Hall–Kier alpha value is -2.67. The molecule has 27 heavy (non-hydrogen) atoms. The lowest BCUT2D eigenvalue weighted by atomic mass is 9.96. The van der Waals surface area contributed by atoms with Gasteiger partial charge in [-0.25, -0.2) is 9.97 Å². The van der Waals surface area contributed by atoms with E-state index in [0.29, 0.717) is 6.10 Å². The normalized spacial score (nSPS) is 18.6. The average molecular weight is 365 g/mol. The van der Waals surface area contributed by atoms with Gasteiger partial charge in [0.15, 0.2) is 5.76 Å². The highest BCUT2D eigenvalue weighted by atomic mass is 16.5. The smallest absolute Gasteiger partial charge is 0.224 e. The van der Waals surface area contributed by atoms with Crippen molar-refractivity contribution in [1.82, 2.24) is 20.0 Å². The van der Waals surface area contributed by atoms with Crippen molar-refractivity contribution < 1.29 is 9.26 Å². The number of piperazine rings is 1. The SMILES string of the molecule is c1cc(CN2CCN(c3ccc4ncnc(OC5CCC5)c4c3)CC2)on1. The maximum absolute atomic E-state index is 6.09. The van der Waals surface area contributed by atoms with Crippen molar-refractivity contribution in [1.29, 1.82) is 0 Å². The van der Waals surface area contributed by atoms with E-state index in [9.17, 15) is 0 Å². The van der Waals surface area contributed by atoms with E-state index in [1.165, 1.54) is 12.1 Å². The topological polar surface area (TPSA) is 67.5 Å². The summed E-state index contributed by atoms with van der Waals surface area (Å²) in [6.07, 6.45) is 7.10. The summed E-state index contributed by atoms with van der Waals surface area (Å²) in [4.78, 5) is 13.6. The van der Waals surface area contributed by atoms with Crippen LogP contribution in [0.4, 0.5) is 5.69 Å². The Bertz CT molecular complexity index is 902. The van der Waals surface area contributed by atoms with Crippen LogP contribution in [0.2, 0.25) is 0 Å². The molecule has 0 unspecified atom stereocenters. The Labute approximate surface area is 157 Å². The second kappa shape index (κ2) is 7.15. The molecule has 1 aromatic carbocycles. The number of hydrogen-bond donors (Lipinski definition) is 0. The molecule has 0 spiro atoms. The van der Waals surface area contributed by atoms with E-state index >= 15 is 0 Å². The van der Waals surface area contributed by atoms with Crippen molar-refractivity contribution in [2.24, 2.45) is 0 Å². The van der Waals surface area contributed by atoms with E-state index in [1.807, 2.05) is 6.07 Å². The van der Waals surface area contributed by atoms with Crippen molar-refractivity contribution in [3.63, 3.8) is 0 Å². The molecular weight excluding hydrogens is 342 g/mol. The molecule has 0 radical (unpaired) electrons. The third-order valence-electron chi connectivity index (χ3n) is 5.52. The van der Waals surface area contributed by atoms with E-state index in [4.69, 9.17) is 9.26 Å². The molecule has 7 nitrogen and oxygen atoms in total. The lowest BCUT2D eigenvalue weighted by Crippen LogP contribution is -2.45. The standard InChI is InChI=1S/C20H23N5O2/c1-2-16(3-1)26-20-18-12-15(4-5-19(18)21-14-22-20)25-10-8-24(9-11-25)13-17-6-7-23-27-17/h4-7,12,14,16H,1-3,8-11,13H2. The van der Waals surface area contributed by atoms with Crippen molar-refractivity contribution in [2.75, 3.05) is 31.1 Å². The number of fused-ring (bicyclic) bond motifs is 1. The van der Waals surface area contributed by atoms with Crippen LogP contribution in [0, 0.1) is 0 Å². The molecule has 7 heteroatoms. The molecule has 1 saturated carbocycles. The summed E-state index contributed by atoms with van der Waals surface area (Å²) in [5.41, 5.74) is 2.14. The van der Waals surface area contributed by atoms with E-state index in [1.54, 1.807) is 12.5 Å². The molecule has 2 fully saturated rings. The molecule has 2 aromatic heterocycles. The molecule has 3 heterocycles. The van der Waals surface area contributed by atoms with Gasteiger partial charge in [0.1, 0.15) is 12.4 Å². The number of rotatable bonds is 5. The van der Waals surface area contributed by atoms with E-state index in [2.05, 4.69) is 43.1 Å². The molecule has 140 valence electrons. The maximum atomic E-state index is 6.09. The van der Waals surface area contributed by atoms with Gasteiger partial charge < -0.3 is 14.2 Å². The minimum atomic E-state index is 0.311. The van der Waals surface area contributed by atoms with E-state index in [-0.39, 0.29) is 0 Å². The molecule has 0 atom stereocenters. The van der Waals surface area contributed by atoms with E-state index < -0.39 is 0 Å². The quantitative estimate of drug-likeness (QED) is 0.689. The minimum absolute atomic E-state index is 0.311. The van der Waals surface area contributed by atoms with Gasteiger partial charge in [0.05, 0.1) is 23.6 Å². The maximum Gasteiger partial charge on any atom is 0.224 e. The molecule has 0 bridgehead atoms. The lowest BCUT2D eigenvalue weighted by molar-refractivity contribution is 0.116. The van der Waals surface area contributed by atoms with Crippen LogP contribution >= 0.6 is 0 Å². The van der Waals surface area contributed by atoms with Gasteiger partial charge >= 0.3 is 0 Å². The van der Waals surface area contributed by atoms with E-state index in [0.717, 1.165) is 68.1 Å². The first kappa shape index (κ1) is 16.5. The monoisotopic (exact) mass is 365 g/mol. The van der Waals surface area contributed by atoms with Gasteiger partial charge in [0.25, 0.3) is 0 Å². The summed E-state index contributed by atoms with van der Waals surface area (Å²) in [5.74, 6) is 1.64. The largest absolute Gasteiger partial charge is 0.474 e. The molecule has 1 aliphatic carbocycles. The first-order valence-corrected chi connectivity index (χ1v) is 9.63. The fraction of sp³-hybridized carbons (Fsp3) is 0.450. The zero-order valence-corrected chi connectivity index (χ0v) is 15.3. The fourth-order valence-corrected chi connectivity index (χ4v) is 3.67. The summed E-state index contributed by atoms with van der Waals surface area (Å²) in [6.45, 7) is 4.77. The predicted octanol–water partition coefficient (Wildman–Crippen LogP) is 2.87. The Morgan fingerprint density at radius 2 is 1.96 bits per heavy atom. The molecule has 3 aromatic rings. The summed E-state index contributed by atoms with van der Waals surface area (Å²) in [6, 6.07) is 8.32. The molecule has 1 aliphatic heterocycles. The average Bonchev–Trinajstić information content (AvgIpc) is 3.18. The Balaban J connectivity index is 1.30. The number of anilines is 1. The molecule has 5 rings (SSSR count). The third kappa shape index (κ3) is 3.47. The van der Waals surface area contributed by atoms with Crippen LogP contribution in [-0.4, -0.2) is 52.3 Å². The number of ether oxygens (including phenoxy) is 1. The first-order valence-electron chi connectivity index (χ1n) is 9.63. The van der Waals surface area contributed by atoms with Gasteiger partial charge in [-0.1, -0.05) is 5.16 Å². The van der Waals surface area contributed by atoms with Crippen molar-refractivity contribution in [3.8, 4) is 5.88 Å². The number of benzene rings is 1. The molecular formula is C20H23N5O2. The van der Waals surface area contributed by atoms with Crippen LogP contribution in [0.25, 0.3) is 10.9 Å². The van der Waals surface area contributed by atoms with Gasteiger partial charge in [0, 0.05) is 37.9 Å². The molecule has 1 saturated heterocycles.